The highest BCUT2D eigenvalue weighted by Crippen LogP contribution is 2.61. The van der Waals surface area contributed by atoms with Gasteiger partial charge in [-0.25, -0.2) is 0 Å². The molecule has 6 rings (SSSR count). The molecule has 6 atom stereocenters. The normalized spacial score (nSPS) is 29.4. The minimum atomic E-state index is -0.985. The van der Waals surface area contributed by atoms with Gasteiger partial charge in [-0.05, 0) is 69.4 Å². The van der Waals surface area contributed by atoms with Crippen LogP contribution in [-0.2, 0) is 25.5 Å². The maximum Gasteiger partial charge on any atom is 0.311 e. The first-order valence-electron chi connectivity index (χ1n) is 16.3. The topological polar surface area (TPSA) is 90.4 Å². The Morgan fingerprint density at radius 1 is 1.00 bits per heavy atom. The first-order valence-corrected chi connectivity index (χ1v) is 17.1. The molecule has 4 heterocycles. The van der Waals surface area contributed by atoms with Gasteiger partial charge in [-0.2, -0.15) is 0 Å². The zero-order valence-electron chi connectivity index (χ0n) is 26.1. The number of cyclic esters (lactones) is 1. The Labute approximate surface area is 270 Å². The Bertz CT molecular complexity index is 1440. The molecule has 4 aliphatic heterocycles. The number of hydrogen-bond donors (Lipinski definition) is 1. The SMILES string of the molecule is CCN(CC)c1ccc(N2CC=C[C@]34S[C@@H]5/C=C\CCCCOC(=O)[C@@H]5[C@H]3C(=O)N([C@@H](CO)Cc3ccccc3)C4C2=O)cc1. The summed E-state index contributed by atoms with van der Waals surface area (Å²) in [7, 11) is 0. The fourth-order valence-corrected chi connectivity index (χ4v) is 9.54. The summed E-state index contributed by atoms with van der Waals surface area (Å²) in [6.07, 6.45) is 11.1. The maximum absolute atomic E-state index is 14.9. The van der Waals surface area contributed by atoms with E-state index in [0.717, 1.165) is 49.3 Å². The number of aliphatic hydroxyl groups excluding tert-OH is 1. The van der Waals surface area contributed by atoms with Gasteiger partial charge in [0.1, 0.15) is 6.04 Å². The van der Waals surface area contributed by atoms with E-state index in [9.17, 15) is 19.5 Å². The molecule has 2 aromatic carbocycles. The highest BCUT2D eigenvalue weighted by atomic mass is 32.2. The molecule has 1 N–H and O–H groups in total. The number of ether oxygens (including phenoxy) is 1. The van der Waals surface area contributed by atoms with E-state index in [4.69, 9.17) is 4.74 Å². The highest BCUT2D eigenvalue weighted by molar-refractivity contribution is 8.02. The molecular weight excluding hydrogens is 586 g/mol. The van der Waals surface area contributed by atoms with Crippen molar-refractivity contribution in [3.8, 4) is 0 Å². The largest absolute Gasteiger partial charge is 0.465 e. The number of hydrogen-bond acceptors (Lipinski definition) is 7. The minimum Gasteiger partial charge on any atom is -0.465 e. The van der Waals surface area contributed by atoms with Crippen LogP contribution in [0.3, 0.4) is 0 Å². The molecule has 2 fully saturated rings. The molecule has 8 nitrogen and oxygen atoms in total. The van der Waals surface area contributed by atoms with Crippen LogP contribution < -0.4 is 9.80 Å². The molecule has 45 heavy (non-hydrogen) atoms. The fourth-order valence-electron chi connectivity index (χ4n) is 7.55. The molecule has 1 unspecified atom stereocenters. The van der Waals surface area contributed by atoms with Crippen LogP contribution in [0.1, 0.15) is 38.7 Å². The number of thioether (sulfide) groups is 1. The molecule has 4 aliphatic rings. The molecule has 2 amide bonds. The van der Waals surface area contributed by atoms with Crippen LogP contribution in [-0.4, -0.2) is 82.7 Å². The molecule has 0 radical (unpaired) electrons. The van der Waals surface area contributed by atoms with Gasteiger partial charge >= 0.3 is 5.97 Å². The number of benzene rings is 2. The molecule has 2 saturated heterocycles. The summed E-state index contributed by atoms with van der Waals surface area (Å²) in [6.45, 7) is 6.35. The quantitative estimate of drug-likeness (QED) is 0.337. The third-order valence-corrected chi connectivity index (χ3v) is 11.5. The second kappa shape index (κ2) is 13.4. The minimum absolute atomic E-state index is 0.202. The van der Waals surface area contributed by atoms with Crippen molar-refractivity contribution in [2.45, 2.75) is 61.6 Å². The Morgan fingerprint density at radius 3 is 2.47 bits per heavy atom. The van der Waals surface area contributed by atoms with Gasteiger partial charge in [0.15, 0.2) is 0 Å². The van der Waals surface area contributed by atoms with Gasteiger partial charge in [0.25, 0.3) is 5.91 Å². The number of esters is 1. The standard InChI is InChI=1S/C36H43N3O5S/c1-3-37(4-2)26-16-18-27(19-17-26)38-21-12-20-36-31(30-29(45-36)15-10-5-6-11-22-44-35(30)43)33(41)39(32(36)34(38)42)28(24-40)23-25-13-8-7-9-14-25/h7-10,12-20,28-32,40H,3-6,11,21-24H2,1-2H3/b15-10-/t28-,29-,30+,31+,32?,36+/m1/s1. The van der Waals surface area contributed by atoms with Crippen LogP contribution in [0.2, 0.25) is 0 Å². The second-order valence-electron chi connectivity index (χ2n) is 12.2. The zero-order chi connectivity index (χ0) is 31.6. The van der Waals surface area contributed by atoms with Gasteiger partial charge in [0, 0.05) is 36.3 Å². The molecule has 0 bridgehead atoms. The maximum atomic E-state index is 14.9. The lowest BCUT2D eigenvalue weighted by atomic mass is 9.78. The van der Waals surface area contributed by atoms with Crippen LogP contribution in [0, 0.1) is 11.8 Å². The van der Waals surface area contributed by atoms with Crippen LogP contribution in [0.15, 0.2) is 78.9 Å². The molecule has 9 heteroatoms. The number of fused-ring (bicyclic) bond motifs is 2. The summed E-state index contributed by atoms with van der Waals surface area (Å²) >= 11 is 1.53. The Balaban J connectivity index is 1.43. The highest BCUT2D eigenvalue weighted by Gasteiger charge is 2.71. The van der Waals surface area contributed by atoms with E-state index in [1.54, 1.807) is 9.80 Å². The summed E-state index contributed by atoms with van der Waals surface area (Å²) in [5.74, 6) is -2.37. The van der Waals surface area contributed by atoms with Crippen LogP contribution in [0.25, 0.3) is 0 Å². The molecule has 1 spiro atoms. The van der Waals surface area contributed by atoms with E-state index >= 15 is 0 Å². The lowest BCUT2D eigenvalue weighted by molar-refractivity contribution is -0.153. The molecule has 2 aromatic rings. The number of aliphatic hydroxyl groups is 1. The Morgan fingerprint density at radius 2 is 1.76 bits per heavy atom. The smallest absolute Gasteiger partial charge is 0.311 e. The first kappa shape index (κ1) is 31.4. The second-order valence-corrected chi connectivity index (χ2v) is 13.7. The van der Waals surface area contributed by atoms with Crippen molar-refractivity contribution in [3.63, 3.8) is 0 Å². The zero-order valence-corrected chi connectivity index (χ0v) is 26.9. The van der Waals surface area contributed by atoms with Gasteiger partial charge in [-0.1, -0.05) is 54.6 Å². The summed E-state index contributed by atoms with van der Waals surface area (Å²) in [5, 5.41) is 10.5. The van der Waals surface area contributed by atoms with Crippen LogP contribution in [0.4, 0.5) is 11.4 Å². The van der Waals surface area contributed by atoms with E-state index in [-0.39, 0.29) is 29.6 Å². The number of allylic oxidation sites excluding steroid dienone is 1. The lowest BCUT2D eigenvalue weighted by Crippen LogP contribution is -2.57. The van der Waals surface area contributed by atoms with Crippen molar-refractivity contribution < 1.29 is 24.2 Å². The molecular formula is C36H43N3O5S. The third-order valence-electron chi connectivity index (χ3n) is 9.75. The van der Waals surface area contributed by atoms with E-state index in [1.165, 1.54) is 11.8 Å². The number of carbonyl (C=O) groups excluding carboxylic acids is 3. The predicted octanol–water partition coefficient (Wildman–Crippen LogP) is 4.62. The number of anilines is 2. The Kier molecular flexibility index (Phi) is 9.38. The van der Waals surface area contributed by atoms with E-state index < -0.39 is 28.7 Å². The number of amides is 2. The van der Waals surface area contributed by atoms with Crippen molar-refractivity contribution in [2.24, 2.45) is 11.8 Å². The van der Waals surface area contributed by atoms with Crippen molar-refractivity contribution in [2.75, 3.05) is 42.6 Å². The monoisotopic (exact) mass is 629 g/mol. The van der Waals surface area contributed by atoms with E-state index in [1.807, 2.05) is 72.8 Å². The van der Waals surface area contributed by atoms with E-state index in [2.05, 4.69) is 24.8 Å². The molecule has 0 saturated carbocycles. The van der Waals surface area contributed by atoms with Gasteiger partial charge < -0.3 is 24.5 Å². The van der Waals surface area contributed by atoms with Gasteiger partial charge in [-0.3, -0.25) is 14.4 Å². The number of likely N-dealkylation sites (tertiary alicyclic amines) is 1. The molecule has 238 valence electrons. The molecule has 0 aromatic heterocycles. The van der Waals surface area contributed by atoms with Crippen molar-refractivity contribution >= 4 is 40.9 Å². The summed E-state index contributed by atoms with van der Waals surface area (Å²) < 4.78 is 4.77. The van der Waals surface area contributed by atoms with E-state index in [0.29, 0.717) is 19.6 Å². The van der Waals surface area contributed by atoms with Crippen LogP contribution >= 0.6 is 11.8 Å². The first-order chi connectivity index (χ1) is 21.9. The van der Waals surface area contributed by atoms with Crippen molar-refractivity contribution in [3.05, 3.63) is 84.5 Å². The van der Waals surface area contributed by atoms with Crippen molar-refractivity contribution in [1.82, 2.24) is 4.90 Å². The average Bonchev–Trinajstić information content (AvgIpc) is 3.45. The van der Waals surface area contributed by atoms with Crippen molar-refractivity contribution in [1.29, 1.82) is 0 Å². The number of nitrogens with zero attached hydrogens (tertiary/aromatic N) is 3. The summed E-state index contributed by atoms with van der Waals surface area (Å²) in [6, 6.07) is 16.2. The third kappa shape index (κ3) is 5.69. The van der Waals surface area contributed by atoms with Gasteiger partial charge in [0.05, 0.1) is 35.8 Å². The summed E-state index contributed by atoms with van der Waals surface area (Å²) in [4.78, 5) is 48.9. The predicted molar refractivity (Wildman–Crippen MR) is 178 cm³/mol. The Hall–Kier alpha value is -3.56. The van der Waals surface area contributed by atoms with Gasteiger partial charge in [-0.15, -0.1) is 11.8 Å². The molecule has 0 aliphatic carbocycles. The fraction of sp³-hybridized carbons (Fsp3) is 0.472. The summed E-state index contributed by atoms with van der Waals surface area (Å²) in [5.41, 5.74) is 2.79. The lowest BCUT2D eigenvalue weighted by Gasteiger charge is -2.38. The van der Waals surface area contributed by atoms with Gasteiger partial charge in [0.2, 0.25) is 5.91 Å². The average molecular weight is 630 g/mol. The van der Waals surface area contributed by atoms with Crippen LogP contribution in [0.5, 0.6) is 0 Å². The number of carbonyl (C=O) groups is 3. The number of rotatable bonds is 8.